The second-order valence-electron chi connectivity index (χ2n) is 9.70. The molecule has 0 radical (unpaired) electrons. The monoisotopic (exact) mass is 500 g/mol. The van der Waals surface area contributed by atoms with Crippen LogP contribution in [0, 0.1) is 12.3 Å². The molecule has 0 saturated carbocycles. The van der Waals surface area contributed by atoms with E-state index in [1.807, 2.05) is 13.8 Å². The second kappa shape index (κ2) is 14.1. The molecule has 0 aliphatic carbocycles. The first kappa shape index (κ1) is 30.5. The molecular weight excluding hydrogens is 460 g/mol. The van der Waals surface area contributed by atoms with E-state index in [-0.39, 0.29) is 31.3 Å². The molecule has 3 atom stereocenters. The van der Waals surface area contributed by atoms with Gasteiger partial charge < -0.3 is 26.0 Å². The van der Waals surface area contributed by atoms with Crippen LogP contribution in [0.3, 0.4) is 0 Å². The Hall–Kier alpha value is -3.54. The van der Waals surface area contributed by atoms with Gasteiger partial charge in [0.1, 0.15) is 17.7 Å². The summed E-state index contributed by atoms with van der Waals surface area (Å²) in [6.07, 6.45) is 6.15. The van der Waals surface area contributed by atoms with Gasteiger partial charge in [-0.3, -0.25) is 14.4 Å². The summed E-state index contributed by atoms with van der Waals surface area (Å²) < 4.78 is 5.30. The Balaban J connectivity index is 3.39. The molecule has 1 rings (SSSR count). The summed E-state index contributed by atoms with van der Waals surface area (Å²) in [6.45, 7) is 10.9. The molecule has 0 aliphatic heterocycles. The van der Waals surface area contributed by atoms with Gasteiger partial charge in [-0.05, 0) is 65.2 Å². The van der Waals surface area contributed by atoms with Crippen LogP contribution in [-0.2, 0) is 19.1 Å². The van der Waals surface area contributed by atoms with Crippen LogP contribution >= 0.6 is 0 Å². The van der Waals surface area contributed by atoms with Crippen LogP contribution in [0.15, 0.2) is 24.3 Å². The highest BCUT2D eigenvalue weighted by molar-refractivity contribution is 5.92. The van der Waals surface area contributed by atoms with E-state index in [0.717, 1.165) is 12.8 Å². The minimum Gasteiger partial charge on any atom is -0.444 e. The molecule has 0 spiro atoms. The summed E-state index contributed by atoms with van der Waals surface area (Å²) in [4.78, 5) is 52.5. The fraction of sp³-hybridized carbons (Fsp3) is 0.556. The Morgan fingerprint density at radius 3 is 2.17 bits per heavy atom. The average Bonchev–Trinajstić information content (AvgIpc) is 2.78. The van der Waals surface area contributed by atoms with E-state index in [1.165, 1.54) is 4.90 Å². The minimum absolute atomic E-state index is 0.0412. The smallest absolute Gasteiger partial charge is 0.408 e. The highest BCUT2D eigenvalue weighted by Crippen LogP contribution is 2.24. The number of carbonyl (C=O) groups is 4. The van der Waals surface area contributed by atoms with Crippen LogP contribution in [0.2, 0.25) is 0 Å². The number of hydrogen-bond acceptors (Lipinski definition) is 5. The van der Waals surface area contributed by atoms with Crippen molar-refractivity contribution in [2.45, 2.75) is 91.0 Å². The fourth-order valence-corrected chi connectivity index (χ4v) is 3.72. The molecule has 0 aliphatic rings. The number of nitrogens with one attached hydrogen (secondary N) is 2. The van der Waals surface area contributed by atoms with Gasteiger partial charge in [-0.15, -0.1) is 6.42 Å². The van der Waals surface area contributed by atoms with Crippen LogP contribution in [0.1, 0.15) is 84.4 Å². The predicted octanol–water partition coefficient (Wildman–Crippen LogP) is 3.02. The number of nitrogens with two attached hydrogens (primary N) is 1. The molecule has 1 aromatic carbocycles. The zero-order valence-electron chi connectivity index (χ0n) is 22.2. The zero-order chi connectivity index (χ0) is 27.5. The standard InChI is InChI=1S/C27H40N4O5/c1-8-11-18(4)29-24(33)23(20-14-12-19(9-2)13-15-20)31(10-3)25(34)21(16-17-22(28)32)30-26(35)36-27(5,6)7/h2,12-15,18,21,23H,8,10-11,16-17H2,1,3-7H3,(H2,28,32)(H,29,33)(H,30,35). The van der Waals surface area contributed by atoms with Crippen molar-refractivity contribution in [2.75, 3.05) is 6.54 Å². The normalized spacial score (nSPS) is 13.5. The van der Waals surface area contributed by atoms with Crippen molar-refractivity contribution in [1.82, 2.24) is 15.5 Å². The first-order chi connectivity index (χ1) is 16.8. The Bertz CT molecular complexity index is 946. The SMILES string of the molecule is C#Cc1ccc(C(C(=O)NC(C)CCC)N(CC)C(=O)C(CCC(N)=O)NC(=O)OC(C)(C)C)cc1. The summed E-state index contributed by atoms with van der Waals surface area (Å²) in [5.74, 6) is 1.03. The quantitative estimate of drug-likeness (QED) is 0.380. The molecule has 36 heavy (non-hydrogen) atoms. The van der Waals surface area contributed by atoms with E-state index in [0.29, 0.717) is 11.1 Å². The van der Waals surface area contributed by atoms with Crippen LogP contribution < -0.4 is 16.4 Å². The van der Waals surface area contributed by atoms with Gasteiger partial charge >= 0.3 is 6.09 Å². The third-order valence-electron chi connectivity index (χ3n) is 5.36. The van der Waals surface area contributed by atoms with E-state index in [1.54, 1.807) is 52.0 Å². The number of alkyl carbamates (subject to hydrolysis) is 1. The molecule has 0 bridgehead atoms. The van der Waals surface area contributed by atoms with Crippen molar-refractivity contribution in [3.63, 3.8) is 0 Å². The van der Waals surface area contributed by atoms with E-state index < -0.39 is 35.6 Å². The van der Waals surface area contributed by atoms with Gasteiger partial charge in [0, 0.05) is 24.6 Å². The third kappa shape index (κ3) is 9.98. The molecule has 1 aromatic rings. The predicted molar refractivity (Wildman–Crippen MR) is 139 cm³/mol. The Kier molecular flexibility index (Phi) is 12.0. The van der Waals surface area contributed by atoms with Crippen molar-refractivity contribution < 1.29 is 23.9 Å². The number of amides is 4. The van der Waals surface area contributed by atoms with Gasteiger partial charge in [-0.25, -0.2) is 4.79 Å². The molecular formula is C27H40N4O5. The summed E-state index contributed by atoms with van der Waals surface area (Å²) in [7, 11) is 0. The molecule has 4 amide bonds. The summed E-state index contributed by atoms with van der Waals surface area (Å²) >= 11 is 0. The number of benzene rings is 1. The maximum Gasteiger partial charge on any atom is 0.408 e. The number of nitrogens with zero attached hydrogens (tertiary/aromatic N) is 1. The van der Waals surface area contributed by atoms with Gasteiger partial charge in [-0.1, -0.05) is 31.4 Å². The lowest BCUT2D eigenvalue weighted by molar-refractivity contribution is -0.142. The number of carbonyl (C=O) groups excluding carboxylic acids is 4. The van der Waals surface area contributed by atoms with Crippen molar-refractivity contribution in [3.05, 3.63) is 35.4 Å². The Morgan fingerprint density at radius 2 is 1.69 bits per heavy atom. The van der Waals surface area contributed by atoms with Crippen LogP contribution in [0.5, 0.6) is 0 Å². The fourth-order valence-electron chi connectivity index (χ4n) is 3.72. The van der Waals surface area contributed by atoms with E-state index in [2.05, 4.69) is 16.6 Å². The van der Waals surface area contributed by atoms with Crippen LogP contribution in [0.4, 0.5) is 4.79 Å². The van der Waals surface area contributed by atoms with Gasteiger partial charge in [-0.2, -0.15) is 0 Å². The van der Waals surface area contributed by atoms with Crippen molar-refractivity contribution in [1.29, 1.82) is 0 Å². The van der Waals surface area contributed by atoms with Gasteiger partial charge in [0.2, 0.25) is 17.7 Å². The van der Waals surface area contributed by atoms with E-state index >= 15 is 0 Å². The number of terminal acetylenes is 1. The Labute approximate surface area is 214 Å². The molecule has 0 saturated heterocycles. The molecule has 198 valence electrons. The summed E-state index contributed by atoms with van der Waals surface area (Å²) in [6, 6.07) is 4.61. The topological polar surface area (TPSA) is 131 Å². The van der Waals surface area contributed by atoms with Gasteiger partial charge in [0.05, 0.1) is 0 Å². The van der Waals surface area contributed by atoms with Crippen molar-refractivity contribution in [3.8, 4) is 12.3 Å². The molecule has 4 N–H and O–H groups in total. The molecule has 0 fully saturated rings. The number of hydrogen-bond donors (Lipinski definition) is 3. The summed E-state index contributed by atoms with van der Waals surface area (Å²) in [5, 5.41) is 5.53. The largest absolute Gasteiger partial charge is 0.444 e. The lowest BCUT2D eigenvalue weighted by atomic mass is 10.00. The summed E-state index contributed by atoms with van der Waals surface area (Å²) in [5.41, 5.74) is 5.72. The molecule has 9 heteroatoms. The minimum atomic E-state index is -1.12. The highest BCUT2D eigenvalue weighted by atomic mass is 16.6. The van der Waals surface area contributed by atoms with Gasteiger partial charge in [0.15, 0.2) is 0 Å². The van der Waals surface area contributed by atoms with Gasteiger partial charge in [0.25, 0.3) is 0 Å². The molecule has 3 unspecified atom stereocenters. The molecule has 0 heterocycles. The number of likely N-dealkylation sites (N-methyl/N-ethyl adjacent to an activating group) is 1. The van der Waals surface area contributed by atoms with E-state index in [4.69, 9.17) is 16.9 Å². The average molecular weight is 501 g/mol. The lowest BCUT2D eigenvalue weighted by Gasteiger charge is -2.34. The van der Waals surface area contributed by atoms with Crippen molar-refractivity contribution >= 4 is 23.8 Å². The maximum absolute atomic E-state index is 13.7. The second-order valence-corrected chi connectivity index (χ2v) is 9.70. The first-order valence-electron chi connectivity index (χ1n) is 12.3. The van der Waals surface area contributed by atoms with Crippen LogP contribution in [0.25, 0.3) is 0 Å². The maximum atomic E-state index is 13.7. The van der Waals surface area contributed by atoms with Crippen molar-refractivity contribution in [2.24, 2.45) is 5.73 Å². The molecule has 9 nitrogen and oxygen atoms in total. The zero-order valence-corrected chi connectivity index (χ0v) is 22.2. The number of ether oxygens (including phenoxy) is 1. The number of primary amides is 1. The van der Waals surface area contributed by atoms with E-state index in [9.17, 15) is 19.2 Å². The third-order valence-corrected chi connectivity index (χ3v) is 5.36. The lowest BCUT2D eigenvalue weighted by Crippen LogP contribution is -2.53. The first-order valence-corrected chi connectivity index (χ1v) is 12.3. The Morgan fingerprint density at radius 1 is 1.08 bits per heavy atom. The van der Waals surface area contributed by atoms with Crippen LogP contribution in [-0.4, -0.2) is 52.9 Å². The number of rotatable bonds is 12. The highest BCUT2D eigenvalue weighted by Gasteiger charge is 2.36. The molecule has 0 aromatic heterocycles.